The van der Waals surface area contributed by atoms with E-state index in [4.69, 9.17) is 10.5 Å². The number of esters is 1. The van der Waals surface area contributed by atoms with Gasteiger partial charge < -0.3 is 15.4 Å². The first-order valence-electron chi connectivity index (χ1n) is 7.75. The summed E-state index contributed by atoms with van der Waals surface area (Å²) in [4.78, 5) is 27.7. The quantitative estimate of drug-likeness (QED) is 0.721. The van der Waals surface area contributed by atoms with Gasteiger partial charge in [-0.25, -0.2) is 0 Å². The summed E-state index contributed by atoms with van der Waals surface area (Å²) in [7, 11) is 1.40. The Morgan fingerprint density at radius 2 is 1.76 bits per heavy atom. The van der Waals surface area contributed by atoms with Crippen LogP contribution >= 0.6 is 0 Å². The van der Waals surface area contributed by atoms with E-state index in [0.717, 1.165) is 19.5 Å². The number of carbonyl (C=O) groups excluding carboxylic acids is 2. The predicted molar refractivity (Wildman–Crippen MR) is 81.7 cm³/mol. The summed E-state index contributed by atoms with van der Waals surface area (Å²) in [6, 6.07) is -0.271. The van der Waals surface area contributed by atoms with Crippen molar-refractivity contribution in [2.45, 2.75) is 45.7 Å². The third kappa shape index (κ3) is 4.97. The molecule has 3 unspecified atom stereocenters. The molecule has 1 aliphatic rings. The Bertz CT molecular complexity index is 354. The van der Waals surface area contributed by atoms with Gasteiger partial charge in [-0.15, -0.1) is 0 Å². The van der Waals surface area contributed by atoms with Gasteiger partial charge in [0.05, 0.1) is 19.6 Å². The van der Waals surface area contributed by atoms with Crippen molar-refractivity contribution in [1.82, 2.24) is 9.80 Å². The Morgan fingerprint density at radius 1 is 1.19 bits per heavy atom. The molecule has 0 aromatic heterocycles. The summed E-state index contributed by atoms with van der Waals surface area (Å²) >= 11 is 0. The summed E-state index contributed by atoms with van der Waals surface area (Å²) in [6.45, 7) is 8.97. The second kappa shape index (κ2) is 8.34. The molecule has 6 nitrogen and oxygen atoms in total. The van der Waals surface area contributed by atoms with E-state index in [1.807, 2.05) is 25.7 Å². The number of hydrogen-bond donors (Lipinski definition) is 1. The zero-order chi connectivity index (χ0) is 16.0. The molecule has 1 saturated heterocycles. The van der Waals surface area contributed by atoms with Crippen molar-refractivity contribution in [3.05, 3.63) is 0 Å². The van der Waals surface area contributed by atoms with Crippen LogP contribution in [0.15, 0.2) is 0 Å². The van der Waals surface area contributed by atoms with Gasteiger partial charge in [-0.3, -0.25) is 14.5 Å². The zero-order valence-electron chi connectivity index (χ0n) is 13.7. The van der Waals surface area contributed by atoms with Gasteiger partial charge in [0.25, 0.3) is 0 Å². The molecule has 1 amide bonds. The van der Waals surface area contributed by atoms with Crippen LogP contribution in [0.2, 0.25) is 0 Å². The SMILES string of the molecule is CCC(C)C(N)C(=O)N1CCN(C(C)CC(=O)OC)CC1. The number of ether oxygens (including phenoxy) is 1. The molecular weight excluding hydrogens is 270 g/mol. The first-order valence-corrected chi connectivity index (χ1v) is 7.75. The van der Waals surface area contributed by atoms with E-state index < -0.39 is 6.04 Å². The van der Waals surface area contributed by atoms with Crippen LogP contribution < -0.4 is 5.73 Å². The van der Waals surface area contributed by atoms with E-state index in [1.165, 1.54) is 7.11 Å². The van der Waals surface area contributed by atoms with E-state index in [9.17, 15) is 9.59 Å². The summed E-state index contributed by atoms with van der Waals surface area (Å²) < 4.78 is 4.69. The number of carbonyl (C=O) groups is 2. The van der Waals surface area contributed by atoms with Gasteiger partial charge in [0.2, 0.25) is 5.91 Å². The maximum atomic E-state index is 12.3. The van der Waals surface area contributed by atoms with Crippen LogP contribution in [0.1, 0.15) is 33.6 Å². The third-order valence-electron chi connectivity index (χ3n) is 4.48. The molecule has 1 aliphatic heterocycles. The van der Waals surface area contributed by atoms with Crippen molar-refractivity contribution in [3.63, 3.8) is 0 Å². The molecule has 1 fully saturated rings. The predicted octanol–water partition coefficient (Wildman–Crippen LogP) is 0.456. The second-order valence-electron chi connectivity index (χ2n) is 5.90. The number of methoxy groups -OCH3 is 1. The molecule has 6 heteroatoms. The molecule has 2 N–H and O–H groups in total. The molecule has 0 bridgehead atoms. The molecular formula is C15H29N3O3. The molecule has 0 aromatic rings. The minimum absolute atomic E-state index is 0.0459. The van der Waals surface area contributed by atoms with E-state index in [1.54, 1.807) is 0 Å². The molecule has 21 heavy (non-hydrogen) atoms. The number of nitrogens with two attached hydrogens (primary N) is 1. The first kappa shape index (κ1) is 17.9. The van der Waals surface area contributed by atoms with Crippen LogP contribution in [0.5, 0.6) is 0 Å². The molecule has 1 rings (SSSR count). The molecule has 0 saturated carbocycles. The highest BCUT2D eigenvalue weighted by Crippen LogP contribution is 2.13. The Hall–Kier alpha value is -1.14. The van der Waals surface area contributed by atoms with Crippen LogP contribution in [-0.4, -0.2) is 67.0 Å². The second-order valence-corrected chi connectivity index (χ2v) is 5.90. The lowest BCUT2D eigenvalue weighted by Crippen LogP contribution is -2.56. The topological polar surface area (TPSA) is 75.9 Å². The van der Waals surface area contributed by atoms with Gasteiger partial charge in [0.15, 0.2) is 0 Å². The van der Waals surface area contributed by atoms with Gasteiger partial charge in [0.1, 0.15) is 0 Å². The van der Waals surface area contributed by atoms with Crippen molar-refractivity contribution in [1.29, 1.82) is 0 Å². The van der Waals surface area contributed by atoms with E-state index >= 15 is 0 Å². The largest absolute Gasteiger partial charge is 0.469 e. The summed E-state index contributed by atoms with van der Waals surface area (Å²) in [5, 5.41) is 0. The van der Waals surface area contributed by atoms with Gasteiger partial charge >= 0.3 is 5.97 Å². The van der Waals surface area contributed by atoms with Crippen molar-refractivity contribution < 1.29 is 14.3 Å². The van der Waals surface area contributed by atoms with Crippen LogP contribution in [0.4, 0.5) is 0 Å². The minimum atomic E-state index is -0.408. The van der Waals surface area contributed by atoms with Crippen molar-refractivity contribution in [2.75, 3.05) is 33.3 Å². The maximum absolute atomic E-state index is 12.3. The Kier molecular flexibility index (Phi) is 7.11. The smallest absolute Gasteiger partial charge is 0.307 e. The molecule has 122 valence electrons. The van der Waals surface area contributed by atoms with Crippen molar-refractivity contribution >= 4 is 11.9 Å². The fourth-order valence-corrected chi connectivity index (χ4v) is 2.54. The van der Waals surface area contributed by atoms with Gasteiger partial charge in [-0.2, -0.15) is 0 Å². The van der Waals surface area contributed by atoms with Crippen LogP contribution in [0.3, 0.4) is 0 Å². The lowest BCUT2D eigenvalue weighted by atomic mass is 9.98. The van der Waals surface area contributed by atoms with Crippen molar-refractivity contribution in [3.8, 4) is 0 Å². The molecule has 3 atom stereocenters. The third-order valence-corrected chi connectivity index (χ3v) is 4.48. The number of rotatable bonds is 6. The van der Waals surface area contributed by atoms with Crippen molar-refractivity contribution in [2.24, 2.45) is 11.7 Å². The van der Waals surface area contributed by atoms with Gasteiger partial charge in [0, 0.05) is 32.2 Å². The fourth-order valence-electron chi connectivity index (χ4n) is 2.54. The Labute approximate surface area is 127 Å². The standard InChI is InChI=1S/C15H29N3O3/c1-5-11(2)14(16)15(20)18-8-6-17(7-9-18)12(3)10-13(19)21-4/h11-12,14H,5-10,16H2,1-4H3. The number of hydrogen-bond acceptors (Lipinski definition) is 5. The lowest BCUT2D eigenvalue weighted by Gasteiger charge is -2.39. The average molecular weight is 299 g/mol. The van der Waals surface area contributed by atoms with E-state index in [0.29, 0.717) is 19.5 Å². The lowest BCUT2D eigenvalue weighted by molar-refractivity contribution is -0.143. The zero-order valence-corrected chi connectivity index (χ0v) is 13.7. The van der Waals surface area contributed by atoms with Crippen LogP contribution in [0.25, 0.3) is 0 Å². The average Bonchev–Trinajstić information content (AvgIpc) is 2.52. The maximum Gasteiger partial charge on any atom is 0.307 e. The summed E-state index contributed by atoms with van der Waals surface area (Å²) in [5.41, 5.74) is 6.01. The van der Waals surface area contributed by atoms with Gasteiger partial charge in [-0.1, -0.05) is 20.3 Å². The van der Waals surface area contributed by atoms with Crippen LogP contribution in [0, 0.1) is 5.92 Å². The monoisotopic (exact) mass is 299 g/mol. The normalized spacial score (nSPS) is 20.7. The number of piperazine rings is 1. The van der Waals surface area contributed by atoms with Gasteiger partial charge in [-0.05, 0) is 12.8 Å². The van der Waals surface area contributed by atoms with Crippen LogP contribution in [-0.2, 0) is 14.3 Å². The minimum Gasteiger partial charge on any atom is -0.469 e. The highest BCUT2D eigenvalue weighted by atomic mass is 16.5. The summed E-state index contributed by atoms with van der Waals surface area (Å²) in [6.07, 6.45) is 1.29. The first-order chi connectivity index (χ1) is 9.90. The Balaban J connectivity index is 2.44. The molecule has 0 aromatic carbocycles. The van der Waals surface area contributed by atoms with E-state index in [-0.39, 0.29) is 23.8 Å². The fraction of sp³-hybridized carbons (Fsp3) is 0.867. The number of nitrogens with zero attached hydrogens (tertiary/aromatic N) is 2. The summed E-state index contributed by atoms with van der Waals surface area (Å²) in [5.74, 6) is 0.0539. The molecule has 0 aliphatic carbocycles. The Morgan fingerprint density at radius 3 is 2.24 bits per heavy atom. The molecule has 0 spiro atoms. The highest BCUT2D eigenvalue weighted by molar-refractivity contribution is 5.82. The molecule has 0 radical (unpaired) electrons. The number of amides is 1. The molecule has 1 heterocycles. The highest BCUT2D eigenvalue weighted by Gasteiger charge is 2.29. The van der Waals surface area contributed by atoms with E-state index in [2.05, 4.69) is 4.90 Å².